The zero-order valence-electron chi connectivity index (χ0n) is 14.3. The monoisotopic (exact) mass is 386 g/mol. The largest absolute Gasteiger partial charge is 0.379 e. The van der Waals surface area contributed by atoms with Gasteiger partial charge in [0.25, 0.3) is 0 Å². The first-order valence-corrected chi connectivity index (χ1v) is 9.50. The van der Waals surface area contributed by atoms with Crippen LogP contribution in [0.5, 0.6) is 0 Å². The summed E-state index contributed by atoms with van der Waals surface area (Å²) in [6.07, 6.45) is 5.66. The third-order valence-electron chi connectivity index (χ3n) is 4.11. The molecule has 2 heterocycles. The second kappa shape index (κ2) is 7.93. The van der Waals surface area contributed by atoms with Crippen LogP contribution in [0.3, 0.4) is 0 Å². The minimum Gasteiger partial charge on any atom is -0.379 e. The van der Waals surface area contributed by atoms with Crippen molar-refractivity contribution in [3.8, 4) is 0 Å². The molecule has 0 fully saturated rings. The number of amidine groups is 1. The summed E-state index contributed by atoms with van der Waals surface area (Å²) in [7, 11) is 0. The Hall–Kier alpha value is -2.31. The molecule has 1 aromatic carbocycles. The average molecular weight is 387 g/mol. The molecular formula is C19H19ClN4OS. The van der Waals surface area contributed by atoms with Gasteiger partial charge in [0.05, 0.1) is 10.6 Å². The Bertz CT molecular complexity index is 866. The Balaban J connectivity index is 1.72. The number of halogens is 1. The van der Waals surface area contributed by atoms with E-state index in [1.165, 1.54) is 12.3 Å². The number of benzene rings is 1. The van der Waals surface area contributed by atoms with Crippen molar-refractivity contribution in [2.75, 3.05) is 11.1 Å². The summed E-state index contributed by atoms with van der Waals surface area (Å²) in [4.78, 5) is 20.7. The van der Waals surface area contributed by atoms with E-state index in [2.05, 4.69) is 22.2 Å². The van der Waals surface area contributed by atoms with Gasteiger partial charge in [0.1, 0.15) is 5.82 Å². The van der Waals surface area contributed by atoms with E-state index < -0.39 is 0 Å². The lowest BCUT2D eigenvalue weighted by Crippen LogP contribution is -2.28. The Kier molecular flexibility index (Phi) is 5.64. The van der Waals surface area contributed by atoms with Gasteiger partial charge < -0.3 is 11.1 Å². The molecule has 3 rings (SSSR count). The number of rotatable bonds is 4. The van der Waals surface area contributed by atoms with Gasteiger partial charge >= 0.3 is 0 Å². The number of pyridine rings is 1. The number of hydrogen-bond donors (Lipinski definition) is 2. The molecule has 7 heteroatoms. The van der Waals surface area contributed by atoms with Gasteiger partial charge in [-0.3, -0.25) is 9.79 Å². The van der Waals surface area contributed by atoms with Crippen LogP contribution in [0.15, 0.2) is 53.7 Å². The summed E-state index contributed by atoms with van der Waals surface area (Å²) in [6.45, 7) is 2.08. The van der Waals surface area contributed by atoms with Crippen molar-refractivity contribution in [1.82, 2.24) is 4.98 Å². The van der Waals surface area contributed by atoms with Crippen LogP contribution in [0.4, 0.5) is 5.82 Å². The maximum atomic E-state index is 12.1. The summed E-state index contributed by atoms with van der Waals surface area (Å²) in [6, 6.07) is 11.3. The van der Waals surface area contributed by atoms with Crippen LogP contribution in [0.2, 0.25) is 5.02 Å². The lowest BCUT2D eigenvalue weighted by Gasteiger charge is -2.29. The molecule has 26 heavy (non-hydrogen) atoms. The maximum Gasteiger partial charge on any atom is 0.249 e. The highest BCUT2D eigenvalue weighted by molar-refractivity contribution is 8.13. The molecule has 0 spiro atoms. The standard InChI is InChI=1S/C19H19ClN4OS/c1-19(9-10-26-18(21)24-19)14-4-2-3-13(11-14)5-8-17(25)23-16-7-6-15(20)12-22-16/h2-8,11-12H,9-10H2,1H3,(H2,21,24)(H,22,23,25)/b8-5+. The normalized spacial score (nSPS) is 20.0. The number of nitrogens with zero attached hydrogens (tertiary/aromatic N) is 2. The molecule has 1 amide bonds. The second-order valence-electron chi connectivity index (χ2n) is 6.13. The quantitative estimate of drug-likeness (QED) is 0.776. The molecule has 0 saturated carbocycles. The molecule has 1 atom stereocenters. The summed E-state index contributed by atoms with van der Waals surface area (Å²) in [5.74, 6) is 1.14. The fraction of sp³-hybridized carbons (Fsp3) is 0.211. The van der Waals surface area contributed by atoms with Gasteiger partial charge in [-0.1, -0.05) is 41.6 Å². The van der Waals surface area contributed by atoms with Crippen LogP contribution >= 0.6 is 23.4 Å². The third kappa shape index (κ3) is 4.65. The first kappa shape index (κ1) is 18.5. The molecular weight excluding hydrogens is 368 g/mol. The van der Waals surface area contributed by atoms with Crippen molar-refractivity contribution >= 4 is 46.3 Å². The first-order valence-electron chi connectivity index (χ1n) is 8.14. The van der Waals surface area contributed by atoms with Gasteiger partial charge in [-0.05, 0) is 48.7 Å². The molecule has 0 bridgehead atoms. The highest BCUT2D eigenvalue weighted by atomic mass is 35.5. The number of amides is 1. The lowest BCUT2D eigenvalue weighted by molar-refractivity contribution is -0.111. The molecule has 0 radical (unpaired) electrons. The predicted molar refractivity (Wildman–Crippen MR) is 109 cm³/mol. The summed E-state index contributed by atoms with van der Waals surface area (Å²) >= 11 is 7.36. The SMILES string of the molecule is CC1(c2cccc(/C=C/C(=O)Nc3ccc(Cl)cn3)c2)CCSC(N)=N1. The molecule has 5 nitrogen and oxygen atoms in total. The van der Waals surface area contributed by atoms with Crippen molar-refractivity contribution in [2.45, 2.75) is 18.9 Å². The number of nitrogens with two attached hydrogens (primary N) is 1. The molecule has 1 aromatic heterocycles. The van der Waals surface area contributed by atoms with Crippen molar-refractivity contribution in [3.05, 3.63) is 64.8 Å². The van der Waals surface area contributed by atoms with Gasteiger partial charge in [-0.2, -0.15) is 0 Å². The first-order chi connectivity index (χ1) is 12.4. The Morgan fingerprint density at radius 1 is 1.38 bits per heavy atom. The van der Waals surface area contributed by atoms with E-state index in [9.17, 15) is 4.79 Å². The number of thioether (sulfide) groups is 1. The topological polar surface area (TPSA) is 80.4 Å². The van der Waals surface area contributed by atoms with E-state index in [1.807, 2.05) is 24.3 Å². The van der Waals surface area contributed by atoms with Crippen molar-refractivity contribution in [3.63, 3.8) is 0 Å². The molecule has 2 aromatic rings. The molecule has 1 aliphatic rings. The summed E-state index contributed by atoms with van der Waals surface area (Å²) in [5, 5.41) is 3.84. The zero-order valence-corrected chi connectivity index (χ0v) is 15.8. The van der Waals surface area contributed by atoms with Crippen LogP contribution in [0.25, 0.3) is 6.08 Å². The smallest absolute Gasteiger partial charge is 0.249 e. The number of carbonyl (C=O) groups excluding carboxylic acids is 1. The molecule has 134 valence electrons. The number of anilines is 1. The van der Waals surface area contributed by atoms with E-state index in [0.717, 1.165) is 23.3 Å². The molecule has 1 aliphatic heterocycles. The van der Waals surface area contributed by atoms with Crippen LogP contribution in [0.1, 0.15) is 24.5 Å². The van der Waals surface area contributed by atoms with Crippen LogP contribution in [0, 0.1) is 0 Å². The minimum absolute atomic E-state index is 0.257. The fourth-order valence-corrected chi connectivity index (χ4v) is 3.75. The second-order valence-corrected chi connectivity index (χ2v) is 7.68. The Morgan fingerprint density at radius 2 is 2.23 bits per heavy atom. The third-order valence-corrected chi connectivity index (χ3v) is 5.13. The van der Waals surface area contributed by atoms with Gasteiger partial charge in [0.2, 0.25) is 5.91 Å². The molecule has 0 saturated heterocycles. The highest BCUT2D eigenvalue weighted by Gasteiger charge is 2.29. The summed E-state index contributed by atoms with van der Waals surface area (Å²) in [5.41, 5.74) is 7.59. The van der Waals surface area contributed by atoms with Gasteiger partial charge in [-0.25, -0.2) is 4.98 Å². The fourth-order valence-electron chi connectivity index (χ4n) is 2.66. The van der Waals surface area contributed by atoms with Crippen molar-refractivity contribution in [2.24, 2.45) is 10.7 Å². The molecule has 1 unspecified atom stereocenters. The Labute approximate surface area is 161 Å². The van der Waals surface area contributed by atoms with Crippen molar-refractivity contribution in [1.29, 1.82) is 0 Å². The number of hydrogen-bond acceptors (Lipinski definition) is 5. The lowest BCUT2D eigenvalue weighted by atomic mass is 9.89. The summed E-state index contributed by atoms with van der Waals surface area (Å²) < 4.78 is 0. The van der Waals surface area contributed by atoms with Crippen LogP contribution < -0.4 is 11.1 Å². The van der Waals surface area contributed by atoms with E-state index in [0.29, 0.717) is 16.0 Å². The molecule has 3 N–H and O–H groups in total. The average Bonchev–Trinajstić information content (AvgIpc) is 2.62. The van der Waals surface area contributed by atoms with E-state index >= 15 is 0 Å². The predicted octanol–water partition coefficient (Wildman–Crippen LogP) is 4.05. The van der Waals surface area contributed by atoms with Crippen molar-refractivity contribution < 1.29 is 4.79 Å². The number of aromatic nitrogens is 1. The Morgan fingerprint density at radius 3 is 2.96 bits per heavy atom. The van der Waals surface area contributed by atoms with Gasteiger partial charge in [0, 0.05) is 18.0 Å². The zero-order chi connectivity index (χ0) is 18.6. The number of aliphatic imine (C=N–C) groups is 1. The van der Waals surface area contributed by atoms with E-state index in [1.54, 1.807) is 30.0 Å². The molecule has 0 aliphatic carbocycles. The van der Waals surface area contributed by atoms with Gasteiger partial charge in [0.15, 0.2) is 5.17 Å². The van der Waals surface area contributed by atoms with Gasteiger partial charge in [-0.15, -0.1) is 0 Å². The van der Waals surface area contributed by atoms with E-state index in [4.69, 9.17) is 17.3 Å². The van der Waals surface area contributed by atoms with E-state index in [-0.39, 0.29) is 11.4 Å². The van der Waals surface area contributed by atoms with Crippen LogP contribution in [-0.4, -0.2) is 21.8 Å². The maximum absolute atomic E-state index is 12.1. The minimum atomic E-state index is -0.325. The van der Waals surface area contributed by atoms with Crippen LogP contribution in [-0.2, 0) is 10.3 Å². The number of carbonyl (C=O) groups is 1. The number of nitrogens with one attached hydrogen (secondary N) is 1. The highest BCUT2D eigenvalue weighted by Crippen LogP contribution is 2.35.